The zero-order valence-electron chi connectivity index (χ0n) is 11.3. The van der Waals surface area contributed by atoms with E-state index in [9.17, 15) is 13.2 Å². The maximum absolute atomic E-state index is 12.4. The van der Waals surface area contributed by atoms with E-state index >= 15 is 0 Å². The van der Waals surface area contributed by atoms with Gasteiger partial charge in [-0.2, -0.15) is 0 Å². The molecule has 7 heteroatoms. The van der Waals surface area contributed by atoms with E-state index in [2.05, 4.69) is 5.32 Å². The van der Waals surface area contributed by atoms with Gasteiger partial charge < -0.3 is 15.8 Å². The summed E-state index contributed by atoms with van der Waals surface area (Å²) in [5, 5.41) is 3.04. The first-order valence-electron chi connectivity index (χ1n) is 6.76. The molecule has 0 aliphatic carbocycles. The summed E-state index contributed by atoms with van der Waals surface area (Å²) in [4.78, 5) is 11.4. The third kappa shape index (κ3) is 2.32. The molecule has 2 aliphatic heterocycles. The number of nitrogens with one attached hydrogen (secondary N) is 1. The van der Waals surface area contributed by atoms with Crippen LogP contribution in [0.4, 0.5) is 0 Å². The van der Waals surface area contributed by atoms with Crippen LogP contribution in [0.3, 0.4) is 0 Å². The number of rotatable bonds is 4. The molecule has 0 saturated carbocycles. The number of carbonyl (C=O) groups is 1. The van der Waals surface area contributed by atoms with Gasteiger partial charge in [0.05, 0.1) is 16.7 Å². The summed E-state index contributed by atoms with van der Waals surface area (Å²) in [6.07, 6.45) is 1.94. The van der Waals surface area contributed by atoms with E-state index in [1.807, 2.05) is 0 Å². The van der Waals surface area contributed by atoms with Crippen LogP contribution in [0, 0.1) is 0 Å². The van der Waals surface area contributed by atoms with Crippen molar-refractivity contribution in [2.75, 3.05) is 13.2 Å². The van der Waals surface area contributed by atoms with E-state index < -0.39 is 15.7 Å². The van der Waals surface area contributed by atoms with Crippen LogP contribution in [0.15, 0.2) is 34.1 Å². The van der Waals surface area contributed by atoms with Gasteiger partial charge in [0, 0.05) is 18.7 Å². The van der Waals surface area contributed by atoms with Gasteiger partial charge in [-0.15, -0.1) is 0 Å². The molecule has 6 nitrogen and oxygen atoms in total. The van der Waals surface area contributed by atoms with Crippen molar-refractivity contribution in [1.29, 1.82) is 0 Å². The molecular weight excluding hydrogens is 292 g/mol. The summed E-state index contributed by atoms with van der Waals surface area (Å²) in [7, 11) is -3.84. The molecule has 1 fully saturated rings. The van der Waals surface area contributed by atoms with Gasteiger partial charge in [-0.25, -0.2) is 8.42 Å². The number of amides is 1. The molecule has 2 heterocycles. The van der Waals surface area contributed by atoms with Crippen molar-refractivity contribution in [2.45, 2.75) is 23.8 Å². The summed E-state index contributed by atoms with van der Waals surface area (Å²) < 4.78 is 30.3. The van der Waals surface area contributed by atoms with Gasteiger partial charge in [0.1, 0.15) is 0 Å². The van der Waals surface area contributed by atoms with Gasteiger partial charge in [-0.05, 0) is 18.9 Å². The molecule has 1 aromatic carbocycles. The number of nitrogens with two attached hydrogens (primary N) is 1. The fourth-order valence-corrected chi connectivity index (χ4v) is 4.38. The first-order chi connectivity index (χ1) is 10.0. The molecule has 1 atom stereocenters. The lowest BCUT2D eigenvalue weighted by atomic mass is 10.1. The van der Waals surface area contributed by atoms with Crippen LogP contribution in [0.5, 0.6) is 0 Å². The number of hydrogen-bond acceptors (Lipinski definition) is 5. The predicted octanol–water partition coefficient (Wildman–Crippen LogP) is 0.396. The van der Waals surface area contributed by atoms with Gasteiger partial charge in [0.2, 0.25) is 9.84 Å². The molecule has 0 unspecified atom stereocenters. The van der Waals surface area contributed by atoms with Gasteiger partial charge in [0.15, 0.2) is 4.91 Å². The minimum Gasteiger partial charge on any atom is -0.381 e. The Hall–Kier alpha value is -1.86. The van der Waals surface area contributed by atoms with Crippen LogP contribution in [-0.2, 0) is 19.4 Å². The second kappa shape index (κ2) is 5.16. The fraction of sp³-hybridized carbons (Fsp3) is 0.357. The third-order valence-corrected chi connectivity index (χ3v) is 5.57. The summed E-state index contributed by atoms with van der Waals surface area (Å²) >= 11 is 0. The van der Waals surface area contributed by atoms with Crippen LogP contribution in [-0.4, -0.2) is 33.6 Å². The van der Waals surface area contributed by atoms with Crippen LogP contribution < -0.4 is 11.1 Å². The Morgan fingerprint density at radius 3 is 2.81 bits per heavy atom. The van der Waals surface area contributed by atoms with E-state index in [1.165, 1.54) is 6.07 Å². The normalized spacial score (nSPS) is 23.1. The molecule has 3 N–H and O–H groups in total. The predicted molar refractivity (Wildman–Crippen MR) is 76.7 cm³/mol. The Morgan fingerprint density at radius 1 is 1.38 bits per heavy atom. The second-order valence-electron chi connectivity index (χ2n) is 5.08. The maximum Gasteiger partial charge on any atom is 0.262 e. The molecule has 0 radical (unpaired) electrons. The van der Waals surface area contributed by atoms with Gasteiger partial charge >= 0.3 is 0 Å². The highest BCUT2D eigenvalue weighted by atomic mass is 32.2. The minimum atomic E-state index is -3.84. The molecule has 0 bridgehead atoms. The molecule has 2 aliphatic rings. The average Bonchev–Trinajstić information content (AvgIpc) is 3.02. The fourth-order valence-electron chi connectivity index (χ4n) is 2.73. The summed E-state index contributed by atoms with van der Waals surface area (Å²) in [5.74, 6) is -0.943. The van der Waals surface area contributed by atoms with E-state index in [0.29, 0.717) is 18.7 Å². The lowest BCUT2D eigenvalue weighted by Crippen LogP contribution is -2.28. The van der Waals surface area contributed by atoms with Crippen molar-refractivity contribution < 1.29 is 17.9 Å². The minimum absolute atomic E-state index is 0.0297. The lowest BCUT2D eigenvalue weighted by molar-refractivity contribution is -0.113. The molecule has 112 valence electrons. The molecule has 21 heavy (non-hydrogen) atoms. The van der Waals surface area contributed by atoms with Crippen LogP contribution in [0.25, 0.3) is 5.70 Å². The maximum atomic E-state index is 12.4. The Morgan fingerprint density at radius 2 is 2.14 bits per heavy atom. The van der Waals surface area contributed by atoms with Crippen LogP contribution >= 0.6 is 0 Å². The summed E-state index contributed by atoms with van der Waals surface area (Å²) in [5.41, 5.74) is 6.06. The first-order valence-corrected chi connectivity index (χ1v) is 8.24. The largest absolute Gasteiger partial charge is 0.381 e. The van der Waals surface area contributed by atoms with Crippen molar-refractivity contribution in [1.82, 2.24) is 5.32 Å². The highest BCUT2D eigenvalue weighted by Gasteiger charge is 2.38. The van der Waals surface area contributed by atoms with Crippen LogP contribution in [0.1, 0.15) is 18.4 Å². The third-order valence-electron chi connectivity index (χ3n) is 3.70. The van der Waals surface area contributed by atoms with E-state index in [1.54, 1.807) is 18.2 Å². The van der Waals surface area contributed by atoms with Gasteiger partial charge in [-0.1, -0.05) is 18.2 Å². The number of hydrogen-bond donors (Lipinski definition) is 2. The second-order valence-corrected chi connectivity index (χ2v) is 6.94. The zero-order valence-corrected chi connectivity index (χ0v) is 12.2. The monoisotopic (exact) mass is 308 g/mol. The first kappa shape index (κ1) is 14.1. The SMILES string of the molecule is NC(=O)C1=C(NC[C@H]2CCCO2)c2ccccc2S1(=O)=O. The number of ether oxygens (including phenoxy) is 1. The molecular formula is C14H16N2O4S. The number of benzene rings is 1. The molecule has 0 aromatic heterocycles. The molecule has 0 spiro atoms. The molecule has 1 amide bonds. The van der Waals surface area contributed by atoms with Crippen molar-refractivity contribution >= 4 is 21.4 Å². The number of sulfone groups is 1. The summed E-state index contributed by atoms with van der Waals surface area (Å²) in [6, 6.07) is 6.50. The van der Waals surface area contributed by atoms with Crippen LogP contribution in [0.2, 0.25) is 0 Å². The topological polar surface area (TPSA) is 98.5 Å². The molecule has 1 saturated heterocycles. The van der Waals surface area contributed by atoms with E-state index in [-0.39, 0.29) is 21.6 Å². The smallest absolute Gasteiger partial charge is 0.262 e. The Balaban J connectivity index is 2.00. The Bertz CT molecular complexity index is 718. The zero-order chi connectivity index (χ0) is 15.0. The average molecular weight is 308 g/mol. The molecule has 3 rings (SSSR count). The van der Waals surface area contributed by atoms with Gasteiger partial charge in [0.25, 0.3) is 5.91 Å². The number of primary amides is 1. The number of carbonyl (C=O) groups excluding carboxylic acids is 1. The van der Waals surface area contributed by atoms with Crippen molar-refractivity contribution in [2.24, 2.45) is 5.73 Å². The van der Waals surface area contributed by atoms with Crippen molar-refractivity contribution in [3.8, 4) is 0 Å². The quantitative estimate of drug-likeness (QED) is 0.839. The van der Waals surface area contributed by atoms with Gasteiger partial charge in [-0.3, -0.25) is 4.79 Å². The number of fused-ring (bicyclic) bond motifs is 1. The van der Waals surface area contributed by atoms with E-state index in [0.717, 1.165) is 12.8 Å². The van der Waals surface area contributed by atoms with Crippen molar-refractivity contribution in [3.63, 3.8) is 0 Å². The summed E-state index contributed by atoms with van der Waals surface area (Å²) in [6.45, 7) is 1.17. The standard InChI is InChI=1S/C14H16N2O4S/c15-14(17)13-12(16-8-9-4-3-7-20-9)10-5-1-2-6-11(10)21(13,18)19/h1-2,5-6,9,16H,3-4,7-8H2,(H2,15,17)/t9-/m1/s1. The highest BCUT2D eigenvalue weighted by Crippen LogP contribution is 2.37. The highest BCUT2D eigenvalue weighted by molar-refractivity contribution is 7.97. The Labute approximate surface area is 122 Å². The van der Waals surface area contributed by atoms with Crippen molar-refractivity contribution in [3.05, 3.63) is 34.7 Å². The molecule has 1 aromatic rings. The van der Waals surface area contributed by atoms with E-state index in [4.69, 9.17) is 10.5 Å². The lowest BCUT2D eigenvalue weighted by Gasteiger charge is -2.13. The Kier molecular flexibility index (Phi) is 3.46.